The third-order valence-electron chi connectivity index (χ3n) is 17.8. The summed E-state index contributed by atoms with van der Waals surface area (Å²) in [7, 11) is 0. The van der Waals surface area contributed by atoms with Crippen molar-refractivity contribution in [2.45, 2.75) is 165 Å². The summed E-state index contributed by atoms with van der Waals surface area (Å²) in [6.07, 6.45) is -10.9. The zero-order valence-corrected chi connectivity index (χ0v) is 46.2. The quantitative estimate of drug-likeness (QED) is 0.0696. The molecular formula is C62H64N2O20. The minimum atomic E-state index is -2.15. The first-order chi connectivity index (χ1) is 39.9. The van der Waals surface area contributed by atoms with Gasteiger partial charge in [0.15, 0.2) is 47.3 Å². The number of ether oxygens (including phenoxy) is 4. The van der Waals surface area contributed by atoms with Crippen molar-refractivity contribution in [2.24, 2.45) is 0 Å². The number of carbonyl (C=O) groups is 6. The zero-order chi connectivity index (χ0) is 60.2. The highest BCUT2D eigenvalue weighted by Gasteiger charge is 2.52. The fraction of sp³-hybridized carbons (Fsp3) is 0.419. The van der Waals surface area contributed by atoms with E-state index in [0.29, 0.717) is 0 Å². The minimum absolute atomic E-state index is 0.0102. The largest absolute Gasteiger partial charge is 0.507 e. The smallest absolute Gasteiger partial charge is 0.198 e. The third-order valence-corrected chi connectivity index (χ3v) is 17.8. The fourth-order valence-electron chi connectivity index (χ4n) is 13.1. The average molecular weight is 1160 g/mol. The third kappa shape index (κ3) is 9.72. The molecule has 2 aliphatic heterocycles. The highest BCUT2D eigenvalue weighted by Crippen LogP contribution is 2.54. The fourth-order valence-corrected chi connectivity index (χ4v) is 13.1. The monoisotopic (exact) mass is 1160 g/mol. The first kappa shape index (κ1) is 58.6. The van der Waals surface area contributed by atoms with Crippen molar-refractivity contribution in [1.82, 2.24) is 10.6 Å². The maximum atomic E-state index is 14.1. The molecule has 84 heavy (non-hydrogen) atoms. The Morgan fingerprint density at radius 3 is 1.30 bits per heavy atom. The van der Waals surface area contributed by atoms with E-state index >= 15 is 0 Å². The predicted octanol–water partition coefficient (Wildman–Crippen LogP) is 3.00. The first-order valence-corrected chi connectivity index (χ1v) is 27.7. The van der Waals surface area contributed by atoms with E-state index in [2.05, 4.69) is 10.6 Å². The summed E-state index contributed by atoms with van der Waals surface area (Å²) in [5.74, 6) is -7.49. The van der Waals surface area contributed by atoms with Crippen LogP contribution < -0.4 is 10.6 Å². The number of fused-ring (bicyclic) bond motifs is 6. The summed E-state index contributed by atoms with van der Waals surface area (Å²) in [6.45, 7) is 4.76. The summed E-state index contributed by atoms with van der Waals surface area (Å²) >= 11 is 0. The molecule has 0 saturated carbocycles. The molecule has 11 rings (SSSR count). The van der Waals surface area contributed by atoms with Crippen molar-refractivity contribution in [3.8, 4) is 23.0 Å². The topological polar surface area (TPSA) is 366 Å². The molecule has 0 bridgehead atoms. The molecule has 2 saturated heterocycles. The predicted molar refractivity (Wildman–Crippen MR) is 291 cm³/mol. The van der Waals surface area contributed by atoms with Gasteiger partial charge in [0.05, 0.1) is 72.1 Å². The van der Waals surface area contributed by atoms with E-state index in [4.69, 9.17) is 18.9 Å². The number of hydrogen-bond donors (Lipinski definition) is 12. The number of aliphatic hydroxyl groups is 6. The van der Waals surface area contributed by atoms with E-state index in [9.17, 15) is 79.8 Å². The number of hydrogen-bond acceptors (Lipinski definition) is 22. The average Bonchev–Trinajstić information content (AvgIpc) is 1.23. The van der Waals surface area contributed by atoms with E-state index in [-0.39, 0.29) is 81.6 Å². The Hall–Kier alpha value is -7.16. The van der Waals surface area contributed by atoms with Crippen LogP contribution in [0, 0.1) is 0 Å². The van der Waals surface area contributed by atoms with Gasteiger partial charge in [-0.3, -0.25) is 28.8 Å². The Kier molecular flexibility index (Phi) is 15.4. The number of Topliss-reactive ketones (excluding diaryl/α,β-unsaturated/α-hetero) is 2. The second-order valence-corrected chi connectivity index (χ2v) is 23.0. The van der Waals surface area contributed by atoms with Crippen LogP contribution in [0.25, 0.3) is 0 Å². The molecule has 0 amide bonds. The molecule has 12 atom stereocenters. The molecule has 9 unspecified atom stereocenters. The molecule has 2 fully saturated rings. The van der Waals surface area contributed by atoms with Gasteiger partial charge in [-0.05, 0) is 49.9 Å². The molecule has 5 aromatic rings. The molecule has 0 radical (unpaired) electrons. The molecule has 442 valence electrons. The van der Waals surface area contributed by atoms with Gasteiger partial charge in [0.2, 0.25) is 0 Å². The molecule has 22 nitrogen and oxygen atoms in total. The van der Waals surface area contributed by atoms with Crippen LogP contribution in [-0.2, 0) is 67.7 Å². The van der Waals surface area contributed by atoms with E-state index in [1.807, 2.05) is 24.3 Å². The van der Waals surface area contributed by atoms with Crippen LogP contribution in [-0.4, -0.2) is 146 Å². The van der Waals surface area contributed by atoms with Crippen molar-refractivity contribution >= 4 is 34.7 Å². The van der Waals surface area contributed by atoms with Gasteiger partial charge >= 0.3 is 0 Å². The van der Waals surface area contributed by atoms with Gasteiger partial charge < -0.3 is 80.6 Å². The molecule has 2 heterocycles. The van der Waals surface area contributed by atoms with Gasteiger partial charge in [0, 0.05) is 108 Å². The van der Waals surface area contributed by atoms with Crippen LogP contribution in [0.3, 0.4) is 0 Å². The highest BCUT2D eigenvalue weighted by atomic mass is 16.7. The molecule has 22 heteroatoms. The van der Waals surface area contributed by atoms with E-state index < -0.39 is 191 Å². The normalized spacial score (nSPS) is 28.8. The van der Waals surface area contributed by atoms with Crippen LogP contribution in [0.15, 0.2) is 60.7 Å². The standard InChI is InChI=1S/C62H64N2O20/c1-25-51(69)37(15-41(81-25)83-39-19-61(79,27(3)67)17-35-45(39)59(77)49-47(55(35)73)53(71)33-12-6-10-31(23-65)43(33)57(49)75)63-21-29-8-5-9-30(14-29)22-64-38-16-42(82-26(2)52(38)70)84-40-20-62(80,28(4)68)18-36-46(40)60(78)50-48(56(36)74)54(72)34-13-7-11-32(24-66)44(34)58(50)76/h5-14,25-26,37-42,51-52,63-66,69-70,73-74,77-80H,15-24H2,1-4H3/t25?,26?,37?,38?,39-,40?,41?,42?,51?,52?,61-,62-/m0/s1. The SMILES string of the molecule is CC(=O)[C@]1(O)Cc2c(O)c3c(c(O)c2C(OC2CC(NCc4cccc(CNC5CC(O[C@H]6C[C@](O)(C(C)=O)Cc7c(O)c8c(c(O)c76)C(=O)c6c(CO)cccc6C8=O)OC(C)C5O)c4)C(O)C(C)O2)C1)C(=O)c1c(CO)cccc1C3=O. The Morgan fingerprint density at radius 2 is 0.929 bits per heavy atom. The molecule has 4 aliphatic carbocycles. The van der Waals surface area contributed by atoms with Crippen LogP contribution in [0.2, 0.25) is 0 Å². The number of phenols is 4. The van der Waals surface area contributed by atoms with Gasteiger partial charge in [0.25, 0.3) is 0 Å². The summed E-state index contributed by atoms with van der Waals surface area (Å²) in [5.41, 5.74) is -5.64. The van der Waals surface area contributed by atoms with Crippen molar-refractivity contribution in [3.63, 3.8) is 0 Å². The summed E-state index contributed by atoms with van der Waals surface area (Å²) in [5, 5.41) is 121. The lowest BCUT2D eigenvalue weighted by Crippen LogP contribution is -2.54. The lowest BCUT2D eigenvalue weighted by Gasteiger charge is -2.43. The second kappa shape index (κ2) is 22.0. The Bertz CT molecular complexity index is 3390. The van der Waals surface area contributed by atoms with Gasteiger partial charge in [0.1, 0.15) is 34.2 Å². The van der Waals surface area contributed by atoms with Crippen molar-refractivity contribution in [1.29, 1.82) is 0 Å². The first-order valence-electron chi connectivity index (χ1n) is 27.7. The molecule has 12 N–H and O–H groups in total. The van der Waals surface area contributed by atoms with E-state index in [0.717, 1.165) is 25.0 Å². The number of rotatable bonds is 14. The number of nitrogens with one attached hydrogen (secondary N) is 2. The summed E-state index contributed by atoms with van der Waals surface area (Å²) in [6, 6.07) is 14.6. The molecule has 0 aromatic heterocycles. The summed E-state index contributed by atoms with van der Waals surface area (Å²) in [4.78, 5) is 82.2. The Balaban J connectivity index is 0.783. The molecule has 6 aliphatic rings. The number of aromatic hydroxyl groups is 4. The Morgan fingerprint density at radius 1 is 0.560 bits per heavy atom. The van der Waals surface area contributed by atoms with Crippen LogP contribution >= 0.6 is 0 Å². The highest BCUT2D eigenvalue weighted by molar-refractivity contribution is 6.32. The van der Waals surface area contributed by atoms with Gasteiger partial charge in [-0.15, -0.1) is 0 Å². The minimum Gasteiger partial charge on any atom is -0.507 e. The molecular weight excluding hydrogens is 1090 g/mol. The van der Waals surface area contributed by atoms with Gasteiger partial charge in [-0.1, -0.05) is 60.7 Å². The zero-order valence-electron chi connectivity index (χ0n) is 46.2. The van der Waals surface area contributed by atoms with Crippen molar-refractivity contribution in [2.75, 3.05) is 0 Å². The summed E-state index contributed by atoms with van der Waals surface area (Å²) < 4.78 is 25.1. The van der Waals surface area contributed by atoms with E-state index in [1.54, 1.807) is 13.8 Å². The number of ketones is 6. The maximum Gasteiger partial charge on any atom is 0.198 e. The van der Waals surface area contributed by atoms with Gasteiger partial charge in [-0.2, -0.15) is 0 Å². The number of carbonyl (C=O) groups excluding carboxylic acids is 6. The lowest BCUT2D eigenvalue weighted by molar-refractivity contribution is -0.250. The lowest BCUT2D eigenvalue weighted by atomic mass is 9.71. The number of phenolic OH excluding ortho intramolecular Hbond substituents is 4. The van der Waals surface area contributed by atoms with E-state index in [1.165, 1.54) is 36.4 Å². The number of benzene rings is 5. The van der Waals surface area contributed by atoms with Crippen LogP contribution in [0.5, 0.6) is 23.0 Å². The van der Waals surface area contributed by atoms with Crippen molar-refractivity contribution < 1.29 is 98.8 Å². The Labute approximate surface area is 480 Å². The van der Waals surface area contributed by atoms with Gasteiger partial charge in [-0.25, -0.2) is 0 Å². The van der Waals surface area contributed by atoms with Crippen LogP contribution in [0.1, 0.15) is 174 Å². The molecule has 0 spiro atoms. The molecule has 5 aromatic carbocycles. The number of aliphatic hydroxyl groups excluding tert-OH is 4. The van der Waals surface area contributed by atoms with Crippen molar-refractivity contribution in [3.05, 3.63) is 150 Å². The second-order valence-electron chi connectivity index (χ2n) is 23.0. The van der Waals surface area contributed by atoms with Crippen LogP contribution in [0.4, 0.5) is 0 Å². The maximum absolute atomic E-state index is 14.1.